The Morgan fingerprint density at radius 3 is 2.19 bits per heavy atom. The molecule has 0 aromatic heterocycles. The largest absolute Gasteiger partial charge is 0.467 e. The normalized spacial score (nSPS) is 16.0. The molecule has 0 radical (unpaired) electrons. The van der Waals surface area contributed by atoms with Gasteiger partial charge in [-0.3, -0.25) is 9.59 Å². The fourth-order valence-corrected chi connectivity index (χ4v) is 3.17. The molecule has 0 heterocycles. The standard InChI is InChI=1S/C23H37N3O5/c1-6-15(4)21(22(29)26-20(14(2)3)23(30)31-5)25-18(28)13-12-17(27)19(24)16-10-8-7-9-11-16/h7-11,14-15,17,19-21,27H,6,12-13,24H2,1-5H3,(H,25,28)(H,26,29)/t15-,17-,19-,20-,21-/m0/s1. The second-order valence-electron chi connectivity index (χ2n) is 8.23. The number of benzene rings is 1. The van der Waals surface area contributed by atoms with Crippen molar-refractivity contribution in [1.29, 1.82) is 0 Å². The van der Waals surface area contributed by atoms with Gasteiger partial charge in [0, 0.05) is 6.42 Å². The van der Waals surface area contributed by atoms with Crippen LogP contribution in [0.4, 0.5) is 0 Å². The molecule has 2 amide bonds. The molecular formula is C23H37N3O5. The van der Waals surface area contributed by atoms with Gasteiger partial charge in [-0.1, -0.05) is 64.4 Å². The minimum absolute atomic E-state index is 0.0204. The van der Waals surface area contributed by atoms with E-state index in [4.69, 9.17) is 10.5 Å². The van der Waals surface area contributed by atoms with Crippen LogP contribution in [-0.2, 0) is 19.1 Å². The van der Waals surface area contributed by atoms with Crippen molar-refractivity contribution in [3.05, 3.63) is 35.9 Å². The highest BCUT2D eigenvalue weighted by molar-refractivity contribution is 5.91. The Bertz CT molecular complexity index is 710. The van der Waals surface area contributed by atoms with Gasteiger partial charge in [-0.05, 0) is 23.8 Å². The van der Waals surface area contributed by atoms with Crippen LogP contribution in [0.1, 0.15) is 58.6 Å². The van der Waals surface area contributed by atoms with Gasteiger partial charge in [0.05, 0.1) is 19.3 Å². The first-order valence-corrected chi connectivity index (χ1v) is 10.8. The van der Waals surface area contributed by atoms with Crippen molar-refractivity contribution in [3.63, 3.8) is 0 Å². The highest BCUT2D eigenvalue weighted by atomic mass is 16.5. The van der Waals surface area contributed by atoms with E-state index < -0.39 is 36.1 Å². The van der Waals surface area contributed by atoms with Crippen molar-refractivity contribution in [2.45, 2.75) is 71.2 Å². The second kappa shape index (κ2) is 13.1. The molecule has 0 unspecified atom stereocenters. The number of rotatable bonds is 12. The average Bonchev–Trinajstić information content (AvgIpc) is 2.77. The van der Waals surface area contributed by atoms with Crippen molar-refractivity contribution < 1.29 is 24.2 Å². The summed E-state index contributed by atoms with van der Waals surface area (Å²) < 4.78 is 4.77. The lowest BCUT2D eigenvalue weighted by molar-refractivity contribution is -0.146. The van der Waals surface area contributed by atoms with Crippen LogP contribution >= 0.6 is 0 Å². The van der Waals surface area contributed by atoms with Crippen molar-refractivity contribution in [3.8, 4) is 0 Å². The number of nitrogens with two attached hydrogens (primary N) is 1. The van der Waals surface area contributed by atoms with Crippen LogP contribution in [-0.4, -0.2) is 48.2 Å². The molecule has 174 valence electrons. The van der Waals surface area contributed by atoms with Crippen molar-refractivity contribution in [2.75, 3.05) is 7.11 Å². The number of ether oxygens (including phenoxy) is 1. The predicted octanol–water partition coefficient (Wildman–Crippen LogP) is 1.67. The summed E-state index contributed by atoms with van der Waals surface area (Å²) in [5.41, 5.74) is 6.87. The zero-order chi connectivity index (χ0) is 23.6. The molecule has 0 saturated carbocycles. The third-order valence-electron chi connectivity index (χ3n) is 5.50. The Hall–Kier alpha value is -2.45. The van der Waals surface area contributed by atoms with Crippen molar-refractivity contribution >= 4 is 17.8 Å². The molecule has 0 saturated heterocycles. The Labute approximate surface area is 184 Å². The number of hydrogen-bond donors (Lipinski definition) is 4. The third-order valence-corrected chi connectivity index (χ3v) is 5.50. The van der Waals surface area contributed by atoms with E-state index >= 15 is 0 Å². The number of aliphatic hydroxyl groups is 1. The topological polar surface area (TPSA) is 131 Å². The number of hydrogen-bond acceptors (Lipinski definition) is 6. The molecule has 5 N–H and O–H groups in total. The molecule has 1 rings (SSSR count). The zero-order valence-corrected chi connectivity index (χ0v) is 19.1. The van der Waals surface area contributed by atoms with Gasteiger partial charge < -0.3 is 26.2 Å². The molecule has 0 bridgehead atoms. The Kier molecular flexibility index (Phi) is 11.2. The van der Waals surface area contributed by atoms with Gasteiger partial charge in [-0.2, -0.15) is 0 Å². The molecule has 0 spiro atoms. The van der Waals surface area contributed by atoms with E-state index in [-0.39, 0.29) is 30.6 Å². The molecule has 1 aromatic carbocycles. The first kappa shape index (κ1) is 26.6. The van der Waals surface area contributed by atoms with Crippen molar-refractivity contribution in [2.24, 2.45) is 17.6 Å². The van der Waals surface area contributed by atoms with Gasteiger partial charge in [0.25, 0.3) is 0 Å². The van der Waals surface area contributed by atoms with Gasteiger partial charge in [0.15, 0.2) is 0 Å². The van der Waals surface area contributed by atoms with Gasteiger partial charge in [0.2, 0.25) is 11.8 Å². The minimum atomic E-state index is -0.895. The Morgan fingerprint density at radius 1 is 1.06 bits per heavy atom. The van der Waals surface area contributed by atoms with E-state index in [1.807, 2.05) is 44.2 Å². The van der Waals surface area contributed by atoms with E-state index in [1.165, 1.54) is 7.11 Å². The van der Waals surface area contributed by atoms with Gasteiger partial charge >= 0.3 is 5.97 Å². The highest BCUT2D eigenvalue weighted by Gasteiger charge is 2.31. The van der Waals surface area contributed by atoms with Crippen LogP contribution in [0.25, 0.3) is 0 Å². The fourth-order valence-electron chi connectivity index (χ4n) is 3.17. The van der Waals surface area contributed by atoms with E-state index in [2.05, 4.69) is 10.6 Å². The maximum atomic E-state index is 12.8. The lowest BCUT2D eigenvalue weighted by Gasteiger charge is -2.27. The number of esters is 1. The van der Waals surface area contributed by atoms with E-state index in [1.54, 1.807) is 13.8 Å². The molecular weight excluding hydrogens is 398 g/mol. The molecule has 31 heavy (non-hydrogen) atoms. The third kappa shape index (κ3) is 8.30. The number of carbonyl (C=O) groups is 3. The summed E-state index contributed by atoms with van der Waals surface area (Å²) in [4.78, 5) is 37.3. The van der Waals surface area contributed by atoms with Crippen molar-refractivity contribution in [1.82, 2.24) is 10.6 Å². The van der Waals surface area contributed by atoms with Crippen LogP contribution in [0.3, 0.4) is 0 Å². The van der Waals surface area contributed by atoms with Gasteiger partial charge in [0.1, 0.15) is 12.1 Å². The van der Waals surface area contributed by atoms with Gasteiger partial charge in [-0.25, -0.2) is 4.79 Å². The smallest absolute Gasteiger partial charge is 0.328 e. The van der Waals surface area contributed by atoms with E-state index in [9.17, 15) is 19.5 Å². The predicted molar refractivity (Wildman–Crippen MR) is 119 cm³/mol. The molecule has 0 aliphatic heterocycles. The maximum Gasteiger partial charge on any atom is 0.328 e. The zero-order valence-electron chi connectivity index (χ0n) is 19.1. The molecule has 0 aliphatic rings. The molecule has 0 aliphatic carbocycles. The minimum Gasteiger partial charge on any atom is -0.467 e. The number of methoxy groups -OCH3 is 1. The number of amides is 2. The fraction of sp³-hybridized carbons (Fsp3) is 0.609. The van der Waals surface area contributed by atoms with E-state index in [0.717, 1.165) is 5.56 Å². The number of carbonyl (C=O) groups excluding carboxylic acids is 3. The first-order chi connectivity index (χ1) is 14.6. The summed E-state index contributed by atoms with van der Waals surface area (Å²) in [7, 11) is 1.27. The monoisotopic (exact) mass is 435 g/mol. The summed E-state index contributed by atoms with van der Waals surface area (Å²) >= 11 is 0. The van der Waals surface area contributed by atoms with Crippen LogP contribution in [0.5, 0.6) is 0 Å². The summed E-state index contributed by atoms with van der Waals surface area (Å²) in [6, 6.07) is 6.98. The van der Waals surface area contributed by atoms with E-state index in [0.29, 0.717) is 6.42 Å². The summed E-state index contributed by atoms with van der Waals surface area (Å²) in [6.07, 6.45) is -0.0570. The maximum absolute atomic E-state index is 12.8. The summed E-state index contributed by atoms with van der Waals surface area (Å²) in [5.74, 6) is -1.65. The molecule has 5 atom stereocenters. The molecule has 8 heteroatoms. The van der Waals surface area contributed by atoms with Crippen LogP contribution in [0.15, 0.2) is 30.3 Å². The Balaban J connectivity index is 2.73. The first-order valence-electron chi connectivity index (χ1n) is 10.8. The molecule has 1 aromatic rings. The SMILES string of the molecule is CC[C@H](C)[C@H](NC(=O)CC[C@H](O)[C@@H](N)c1ccccc1)C(=O)N[C@H](C(=O)OC)C(C)C. The van der Waals surface area contributed by atoms with Crippen LogP contribution in [0.2, 0.25) is 0 Å². The quantitative estimate of drug-likeness (QED) is 0.370. The lowest BCUT2D eigenvalue weighted by atomic mass is 9.96. The second-order valence-corrected chi connectivity index (χ2v) is 8.23. The van der Waals surface area contributed by atoms with Gasteiger partial charge in [-0.15, -0.1) is 0 Å². The lowest BCUT2D eigenvalue weighted by Crippen LogP contribution is -2.55. The van der Waals surface area contributed by atoms with Crippen LogP contribution in [0, 0.1) is 11.8 Å². The number of nitrogens with one attached hydrogen (secondary N) is 2. The molecule has 8 nitrogen and oxygen atoms in total. The number of aliphatic hydroxyl groups excluding tert-OH is 1. The highest BCUT2D eigenvalue weighted by Crippen LogP contribution is 2.17. The average molecular weight is 436 g/mol. The Morgan fingerprint density at radius 2 is 1.68 bits per heavy atom. The summed E-state index contributed by atoms with van der Waals surface area (Å²) in [5, 5.41) is 15.8. The molecule has 0 fully saturated rings. The summed E-state index contributed by atoms with van der Waals surface area (Å²) in [6.45, 7) is 7.37. The van der Waals surface area contributed by atoms with Crippen LogP contribution < -0.4 is 16.4 Å².